The van der Waals surface area contributed by atoms with E-state index in [1.165, 1.54) is 0 Å². The number of nitrogens with one attached hydrogen (secondary N) is 2. The van der Waals surface area contributed by atoms with Crippen LogP contribution in [0.2, 0.25) is 0 Å². The number of alkyl carbamates (subject to hydrolysis) is 1. The molecule has 2 amide bonds. The molecule has 0 aliphatic carbocycles. The minimum atomic E-state index is -0.602. The maximum atomic E-state index is 12.7. The van der Waals surface area contributed by atoms with Gasteiger partial charge >= 0.3 is 6.09 Å². The molecule has 2 N–H and O–H groups in total. The van der Waals surface area contributed by atoms with Crippen LogP contribution in [0.3, 0.4) is 0 Å². The van der Waals surface area contributed by atoms with Crippen molar-refractivity contribution in [2.45, 2.75) is 58.6 Å². The molecule has 0 saturated heterocycles. The molecule has 2 bridgehead atoms. The number of hydrogen-bond acceptors (Lipinski definition) is 5. The fourth-order valence-electron chi connectivity index (χ4n) is 3.53. The van der Waals surface area contributed by atoms with Crippen molar-refractivity contribution in [2.24, 2.45) is 5.92 Å². The number of benzene rings is 1. The highest BCUT2D eigenvalue weighted by molar-refractivity contribution is 5.97. The Morgan fingerprint density at radius 3 is 2.74 bits per heavy atom. The number of ether oxygens (including phenoxy) is 1. The molecule has 31 heavy (non-hydrogen) atoms. The summed E-state index contributed by atoms with van der Waals surface area (Å²) in [6.07, 6.45) is 3.21. The fourth-order valence-corrected chi connectivity index (χ4v) is 3.53. The zero-order valence-corrected chi connectivity index (χ0v) is 18.4. The number of rotatable bonds is 1. The summed E-state index contributed by atoms with van der Waals surface area (Å²) in [7, 11) is 0. The van der Waals surface area contributed by atoms with Crippen molar-refractivity contribution < 1.29 is 14.3 Å². The zero-order valence-electron chi connectivity index (χ0n) is 18.4. The van der Waals surface area contributed by atoms with Crippen molar-refractivity contribution in [2.75, 3.05) is 5.32 Å². The third-order valence-corrected chi connectivity index (χ3v) is 5.12. The highest BCUT2D eigenvalue weighted by Crippen LogP contribution is 2.32. The first-order valence-corrected chi connectivity index (χ1v) is 10.5. The minimum absolute atomic E-state index is 0.0946. The lowest BCUT2D eigenvalue weighted by Crippen LogP contribution is -2.35. The van der Waals surface area contributed by atoms with E-state index in [0.717, 1.165) is 23.2 Å². The summed E-state index contributed by atoms with van der Waals surface area (Å²) in [5.74, 6) is -0.311. The van der Waals surface area contributed by atoms with Gasteiger partial charge in [-0.15, -0.1) is 0 Å². The Hall–Kier alpha value is -3.40. The summed E-state index contributed by atoms with van der Waals surface area (Å²) < 4.78 is 5.43. The van der Waals surface area contributed by atoms with Gasteiger partial charge in [0.1, 0.15) is 5.60 Å². The number of fused-ring (bicyclic) bond motifs is 4. The summed E-state index contributed by atoms with van der Waals surface area (Å²) in [5.41, 5.74) is 2.81. The predicted molar refractivity (Wildman–Crippen MR) is 118 cm³/mol. The quantitative estimate of drug-likeness (QED) is 0.680. The lowest BCUT2D eigenvalue weighted by atomic mass is 9.95. The number of amides is 2. The molecule has 2 heterocycles. The van der Waals surface area contributed by atoms with E-state index in [1.54, 1.807) is 18.3 Å². The Bertz CT molecular complexity index is 1020. The van der Waals surface area contributed by atoms with Gasteiger partial charge in [0.2, 0.25) is 5.91 Å². The molecule has 0 saturated carbocycles. The van der Waals surface area contributed by atoms with Crippen molar-refractivity contribution in [1.29, 1.82) is 5.26 Å². The van der Waals surface area contributed by atoms with Crippen molar-refractivity contribution >= 4 is 17.7 Å². The van der Waals surface area contributed by atoms with E-state index < -0.39 is 11.7 Å². The molecule has 2 aromatic rings. The van der Waals surface area contributed by atoms with Gasteiger partial charge in [-0.3, -0.25) is 9.78 Å². The average molecular weight is 421 g/mol. The molecule has 1 aliphatic heterocycles. The number of anilines is 1. The van der Waals surface area contributed by atoms with Crippen LogP contribution in [0.25, 0.3) is 11.1 Å². The van der Waals surface area contributed by atoms with Gasteiger partial charge in [-0.25, -0.2) is 4.79 Å². The zero-order chi connectivity index (χ0) is 22.6. The standard InChI is InChI=1S/C24H28N4O3/c1-15-6-5-7-19(28-23(30)31-24(2,3)4)21-13-17(10-11-26-21)18-9-8-16(14-25)12-20(18)27-22(15)29/h8-13,15,19H,5-7H2,1-4H3,(H,27,29)(H,28,30)/t15-,19+/m1/s1. The van der Waals surface area contributed by atoms with Crippen LogP contribution in [0, 0.1) is 17.2 Å². The van der Waals surface area contributed by atoms with E-state index in [1.807, 2.05) is 45.9 Å². The van der Waals surface area contributed by atoms with E-state index in [2.05, 4.69) is 21.7 Å². The molecule has 3 rings (SSSR count). The molecule has 1 aromatic carbocycles. The Kier molecular flexibility index (Phi) is 6.59. The monoisotopic (exact) mass is 420 g/mol. The number of nitrogens with zero attached hydrogens (tertiary/aromatic N) is 2. The molecule has 1 aliphatic rings. The largest absolute Gasteiger partial charge is 0.444 e. The molecular formula is C24H28N4O3. The van der Waals surface area contributed by atoms with E-state index in [9.17, 15) is 14.9 Å². The van der Waals surface area contributed by atoms with Gasteiger partial charge < -0.3 is 15.4 Å². The summed E-state index contributed by atoms with van der Waals surface area (Å²) in [6, 6.07) is 10.8. The third kappa shape index (κ3) is 5.82. The first kappa shape index (κ1) is 22.3. The second-order valence-corrected chi connectivity index (χ2v) is 8.86. The number of carbonyl (C=O) groups excluding carboxylic acids is 2. The Labute approximate surface area is 182 Å². The molecular weight excluding hydrogens is 392 g/mol. The maximum absolute atomic E-state index is 12.7. The first-order chi connectivity index (χ1) is 14.7. The van der Waals surface area contributed by atoms with Crippen LogP contribution in [-0.4, -0.2) is 22.6 Å². The molecule has 0 spiro atoms. The SMILES string of the molecule is C[C@@H]1CCC[C@H](NC(=O)OC(C)(C)C)c2cc(ccn2)-c2ccc(C#N)cc2NC1=O. The topological polar surface area (TPSA) is 104 Å². The number of carbonyl (C=O) groups is 2. The number of nitriles is 1. The summed E-state index contributed by atoms with van der Waals surface area (Å²) in [5, 5.41) is 15.2. The molecule has 7 nitrogen and oxygen atoms in total. The average Bonchev–Trinajstić information content (AvgIpc) is 2.71. The second kappa shape index (κ2) is 9.17. The molecule has 7 heteroatoms. The number of pyridine rings is 1. The molecule has 162 valence electrons. The smallest absolute Gasteiger partial charge is 0.408 e. The highest BCUT2D eigenvalue weighted by atomic mass is 16.6. The van der Waals surface area contributed by atoms with Gasteiger partial charge in [-0.1, -0.05) is 19.4 Å². The van der Waals surface area contributed by atoms with E-state index in [-0.39, 0.29) is 17.9 Å². The van der Waals surface area contributed by atoms with Crippen LogP contribution < -0.4 is 10.6 Å². The Balaban J connectivity index is 2.02. The first-order valence-electron chi connectivity index (χ1n) is 10.5. The summed E-state index contributed by atoms with van der Waals surface area (Å²) in [6.45, 7) is 7.33. The molecule has 1 aromatic heterocycles. The van der Waals surface area contributed by atoms with Gasteiger partial charge in [-0.2, -0.15) is 5.26 Å². The maximum Gasteiger partial charge on any atom is 0.408 e. The van der Waals surface area contributed by atoms with Gasteiger partial charge in [0, 0.05) is 23.4 Å². The molecule has 0 unspecified atom stereocenters. The minimum Gasteiger partial charge on any atom is -0.444 e. The number of hydrogen-bond donors (Lipinski definition) is 2. The summed E-state index contributed by atoms with van der Waals surface area (Å²) in [4.78, 5) is 29.7. The van der Waals surface area contributed by atoms with Gasteiger partial charge in [0.15, 0.2) is 0 Å². The van der Waals surface area contributed by atoms with E-state index >= 15 is 0 Å². The van der Waals surface area contributed by atoms with Crippen molar-refractivity contribution in [1.82, 2.24) is 10.3 Å². The fraction of sp³-hybridized carbons (Fsp3) is 0.417. The van der Waals surface area contributed by atoms with Gasteiger partial charge in [-0.05, 0) is 63.4 Å². The van der Waals surface area contributed by atoms with Crippen molar-refractivity contribution in [3.8, 4) is 17.2 Å². The second-order valence-electron chi connectivity index (χ2n) is 8.86. The van der Waals surface area contributed by atoms with Gasteiger partial charge in [0.25, 0.3) is 0 Å². The van der Waals surface area contributed by atoms with Crippen LogP contribution in [0.1, 0.15) is 64.3 Å². The molecule has 2 atom stereocenters. The van der Waals surface area contributed by atoms with Crippen LogP contribution in [0.5, 0.6) is 0 Å². The van der Waals surface area contributed by atoms with E-state index in [0.29, 0.717) is 24.1 Å². The molecule has 0 radical (unpaired) electrons. The van der Waals surface area contributed by atoms with Gasteiger partial charge in [0.05, 0.1) is 23.4 Å². The highest BCUT2D eigenvalue weighted by Gasteiger charge is 2.24. The summed E-state index contributed by atoms with van der Waals surface area (Å²) >= 11 is 0. The van der Waals surface area contributed by atoms with Crippen LogP contribution in [0.4, 0.5) is 10.5 Å². The van der Waals surface area contributed by atoms with Crippen LogP contribution >= 0.6 is 0 Å². The lowest BCUT2D eigenvalue weighted by molar-refractivity contribution is -0.119. The lowest BCUT2D eigenvalue weighted by Gasteiger charge is -2.25. The van der Waals surface area contributed by atoms with Crippen molar-refractivity contribution in [3.05, 3.63) is 47.8 Å². The number of aromatic nitrogens is 1. The van der Waals surface area contributed by atoms with E-state index in [4.69, 9.17) is 4.74 Å². The van der Waals surface area contributed by atoms with Crippen molar-refractivity contribution in [3.63, 3.8) is 0 Å². The molecule has 0 fully saturated rings. The Morgan fingerprint density at radius 2 is 2.03 bits per heavy atom. The Morgan fingerprint density at radius 1 is 1.26 bits per heavy atom. The van der Waals surface area contributed by atoms with Crippen LogP contribution in [0.15, 0.2) is 36.5 Å². The van der Waals surface area contributed by atoms with Crippen LogP contribution in [-0.2, 0) is 9.53 Å². The third-order valence-electron chi connectivity index (χ3n) is 5.12. The predicted octanol–water partition coefficient (Wildman–Crippen LogP) is 4.94. The normalized spacial score (nSPS) is 19.0.